The van der Waals surface area contributed by atoms with Gasteiger partial charge in [0.25, 0.3) is 0 Å². The number of aryl methyl sites for hydroxylation is 1. The molecule has 1 saturated heterocycles. The van der Waals surface area contributed by atoms with Crippen LogP contribution in [0.4, 0.5) is 0 Å². The normalized spacial score (nSPS) is 18.2. The molecule has 3 aromatic carbocycles. The van der Waals surface area contributed by atoms with Crippen LogP contribution in [-0.2, 0) is 16.0 Å². The van der Waals surface area contributed by atoms with E-state index in [1.807, 2.05) is 83.8 Å². The number of alkyl halides is 1. The van der Waals surface area contributed by atoms with Gasteiger partial charge in [0.05, 0.1) is 0 Å². The number of hydrogen-bond donors (Lipinski definition) is 1. The van der Waals surface area contributed by atoms with Crippen LogP contribution in [0.25, 0.3) is 0 Å². The first-order valence-electron chi connectivity index (χ1n) is 10.6. The van der Waals surface area contributed by atoms with Crippen molar-refractivity contribution in [1.29, 1.82) is 0 Å². The molecule has 1 amide bonds. The number of ether oxygens (including phenoxy) is 1. The van der Waals surface area contributed by atoms with Gasteiger partial charge >= 0.3 is 195 Å². The van der Waals surface area contributed by atoms with Gasteiger partial charge in [0.2, 0.25) is 0 Å². The minimum absolute atomic E-state index is 0.0419. The van der Waals surface area contributed by atoms with Gasteiger partial charge in [-0.25, -0.2) is 0 Å². The zero-order chi connectivity index (χ0) is 21.5. The Morgan fingerprint density at radius 3 is 2.03 bits per heavy atom. The first-order valence-corrected chi connectivity index (χ1v) is 12.8. The second kappa shape index (κ2) is 10.9. The zero-order valence-electron chi connectivity index (χ0n) is 17.3. The van der Waals surface area contributed by atoms with E-state index in [4.69, 9.17) is 4.74 Å². The molecule has 1 aliphatic heterocycles. The van der Waals surface area contributed by atoms with Crippen LogP contribution in [-0.4, -0.2) is 37.5 Å². The van der Waals surface area contributed by atoms with Gasteiger partial charge in [-0.05, 0) is 0 Å². The van der Waals surface area contributed by atoms with Crippen molar-refractivity contribution in [2.45, 2.75) is 28.9 Å². The zero-order valence-corrected chi connectivity index (χ0v) is 19.5. The third-order valence-corrected chi connectivity index (χ3v) is 7.71. The summed E-state index contributed by atoms with van der Waals surface area (Å²) in [4.78, 5) is 15.4. The van der Waals surface area contributed by atoms with E-state index in [9.17, 15) is 8.23 Å². The summed E-state index contributed by atoms with van der Waals surface area (Å²) in [5.74, 6) is -0.320. The summed E-state index contributed by atoms with van der Waals surface area (Å²) in [6.07, 6.45) is 1.84. The Morgan fingerprint density at radius 1 is 0.935 bits per heavy atom. The van der Waals surface area contributed by atoms with Crippen molar-refractivity contribution in [3.63, 3.8) is 0 Å². The Kier molecular flexibility index (Phi) is 7.72. The van der Waals surface area contributed by atoms with Crippen LogP contribution >= 0.6 is 0 Å². The molecule has 0 radical (unpaired) electrons. The molecule has 4 nitrogen and oxygen atoms in total. The Hall–Kier alpha value is -2.22. The molecule has 0 bridgehead atoms. The number of rotatable bonds is 9. The predicted octanol–water partition coefficient (Wildman–Crippen LogP) is 1.00. The standard InChI is InChI=1S/C26H27INO3/c29-26(24(21-14-6-2-7-15-21)22-16-8-3-9-17-22)28-19-23(25(28)27-30)31-18-10-13-20-11-4-1-5-12-20/h1-9,11-12,14-17,23-25,30H,10,13,18-19H2/q-1/t23-,25+/m0/s1. The first-order chi connectivity index (χ1) is 15.3. The van der Waals surface area contributed by atoms with Gasteiger partial charge in [0.15, 0.2) is 0 Å². The Labute approximate surface area is 194 Å². The van der Waals surface area contributed by atoms with E-state index in [2.05, 4.69) is 12.1 Å². The minimum atomic E-state index is -1.14. The molecule has 3 aromatic rings. The first kappa shape index (κ1) is 22.0. The van der Waals surface area contributed by atoms with Gasteiger partial charge in [-0.15, -0.1) is 0 Å². The number of amides is 1. The SMILES string of the molecule is O=C(C(c1ccccc1)c1ccccc1)N1C[C@H](OCCCc2ccccc2)[C@@H]1[I-]O. The number of nitrogens with zero attached hydrogens (tertiary/aromatic N) is 1. The molecule has 2 atom stereocenters. The molecule has 31 heavy (non-hydrogen) atoms. The van der Waals surface area contributed by atoms with E-state index in [0.717, 1.165) is 24.0 Å². The average Bonchev–Trinajstić information content (AvgIpc) is 2.80. The van der Waals surface area contributed by atoms with Gasteiger partial charge in [-0.1, -0.05) is 0 Å². The quantitative estimate of drug-likeness (QED) is 0.195. The Bertz CT molecular complexity index is 913. The van der Waals surface area contributed by atoms with Gasteiger partial charge in [0, 0.05) is 0 Å². The maximum atomic E-state index is 13.5. The monoisotopic (exact) mass is 528 g/mol. The summed E-state index contributed by atoms with van der Waals surface area (Å²) in [6, 6.07) is 30.1. The molecule has 0 aliphatic carbocycles. The molecule has 0 aromatic heterocycles. The van der Waals surface area contributed by atoms with Crippen molar-refractivity contribution < 1.29 is 34.6 Å². The van der Waals surface area contributed by atoms with Crippen LogP contribution in [0.5, 0.6) is 0 Å². The number of hydrogen-bond acceptors (Lipinski definition) is 3. The van der Waals surface area contributed by atoms with Crippen LogP contribution in [0.1, 0.15) is 29.0 Å². The van der Waals surface area contributed by atoms with Crippen LogP contribution in [0.15, 0.2) is 91.0 Å². The summed E-state index contributed by atoms with van der Waals surface area (Å²) < 4.78 is 15.9. The molecule has 5 heteroatoms. The van der Waals surface area contributed by atoms with Crippen LogP contribution in [0.2, 0.25) is 0 Å². The average molecular weight is 528 g/mol. The molecule has 1 fully saturated rings. The predicted molar refractivity (Wildman–Crippen MR) is 117 cm³/mol. The van der Waals surface area contributed by atoms with E-state index in [1.165, 1.54) is 5.56 Å². The topological polar surface area (TPSA) is 49.8 Å². The fourth-order valence-electron chi connectivity index (χ4n) is 3.99. The van der Waals surface area contributed by atoms with Crippen molar-refractivity contribution in [1.82, 2.24) is 4.90 Å². The summed E-state index contributed by atoms with van der Waals surface area (Å²) in [6.45, 7) is 1.19. The summed E-state index contributed by atoms with van der Waals surface area (Å²) in [7, 11) is 0. The van der Waals surface area contributed by atoms with Crippen molar-refractivity contribution in [2.24, 2.45) is 0 Å². The van der Waals surface area contributed by atoms with Crippen LogP contribution in [0.3, 0.4) is 0 Å². The van der Waals surface area contributed by atoms with E-state index in [1.54, 1.807) is 0 Å². The van der Waals surface area contributed by atoms with E-state index in [0.29, 0.717) is 13.2 Å². The fourth-order valence-corrected chi connectivity index (χ4v) is 5.59. The third kappa shape index (κ3) is 5.34. The number of carbonyl (C=O) groups is 1. The maximum absolute atomic E-state index is 13.5. The van der Waals surface area contributed by atoms with Crippen LogP contribution < -0.4 is 21.6 Å². The second-order valence-electron chi connectivity index (χ2n) is 7.71. The molecule has 0 spiro atoms. The Balaban J connectivity index is 1.38. The summed E-state index contributed by atoms with van der Waals surface area (Å²) in [5, 5.41) is 0. The Morgan fingerprint density at radius 2 is 1.48 bits per heavy atom. The molecule has 162 valence electrons. The van der Waals surface area contributed by atoms with Crippen molar-refractivity contribution >= 4 is 5.91 Å². The number of likely N-dealkylation sites (tertiary alicyclic amines) is 1. The van der Waals surface area contributed by atoms with Gasteiger partial charge in [0.1, 0.15) is 0 Å². The third-order valence-electron chi connectivity index (χ3n) is 5.66. The van der Waals surface area contributed by atoms with E-state index in [-0.39, 0.29) is 22.0 Å². The summed E-state index contributed by atoms with van der Waals surface area (Å²) >= 11 is -1.14. The molecule has 4 rings (SSSR count). The summed E-state index contributed by atoms with van der Waals surface area (Å²) in [5.41, 5.74) is 3.25. The number of halogens is 1. The fraction of sp³-hybridized carbons (Fsp3) is 0.269. The van der Waals surface area contributed by atoms with Crippen molar-refractivity contribution in [3.05, 3.63) is 108 Å². The molecule has 0 unspecified atom stereocenters. The molecular formula is C26H27INO3-. The van der Waals surface area contributed by atoms with Gasteiger partial charge in [-0.2, -0.15) is 0 Å². The molecule has 1 heterocycles. The molecule has 1 N–H and O–H groups in total. The van der Waals surface area contributed by atoms with E-state index >= 15 is 0 Å². The number of benzene rings is 3. The van der Waals surface area contributed by atoms with Crippen molar-refractivity contribution in [2.75, 3.05) is 13.2 Å². The van der Waals surface area contributed by atoms with Gasteiger partial charge < -0.3 is 0 Å². The van der Waals surface area contributed by atoms with Crippen LogP contribution in [0, 0.1) is 0 Å². The molecule has 0 saturated carbocycles. The second-order valence-corrected chi connectivity index (χ2v) is 9.55. The molecule has 1 aliphatic rings. The van der Waals surface area contributed by atoms with E-state index < -0.39 is 21.6 Å². The number of carbonyl (C=O) groups excluding carboxylic acids is 1. The molecular weight excluding hydrogens is 501 g/mol. The van der Waals surface area contributed by atoms with Crippen molar-refractivity contribution in [3.8, 4) is 0 Å². The van der Waals surface area contributed by atoms with Gasteiger partial charge in [-0.3, -0.25) is 0 Å².